The summed E-state index contributed by atoms with van der Waals surface area (Å²) in [5.74, 6) is -0.492. The molecule has 0 heterocycles. The first-order valence-corrected chi connectivity index (χ1v) is 9.28. The molecule has 0 radical (unpaired) electrons. The van der Waals surface area contributed by atoms with Gasteiger partial charge in [-0.1, -0.05) is 20.8 Å². The highest BCUT2D eigenvalue weighted by atomic mass is 28.4. The van der Waals surface area contributed by atoms with Gasteiger partial charge in [0.25, 0.3) is 5.91 Å². The van der Waals surface area contributed by atoms with E-state index in [1.165, 1.54) is 14.2 Å². The maximum Gasteiger partial charge on any atom is 0.405 e. The highest BCUT2D eigenvalue weighted by Crippen LogP contribution is 2.36. The minimum absolute atomic E-state index is 0.00464. The Morgan fingerprint density at radius 2 is 1.85 bits per heavy atom. The number of carbonyl (C=O) groups excluding carboxylic acids is 1. The van der Waals surface area contributed by atoms with E-state index in [4.69, 9.17) is 14.4 Å². The van der Waals surface area contributed by atoms with Crippen LogP contribution in [0.1, 0.15) is 20.8 Å². The van der Waals surface area contributed by atoms with Gasteiger partial charge < -0.3 is 14.8 Å². The van der Waals surface area contributed by atoms with Crippen LogP contribution in [-0.4, -0.2) is 57.3 Å². The fourth-order valence-corrected chi connectivity index (χ4v) is 2.16. The zero-order chi connectivity index (χ0) is 16.1. The molecule has 0 fully saturated rings. The number of hydrogen-bond acceptors (Lipinski definition) is 4. The Labute approximate surface area is 121 Å². The molecule has 0 bridgehead atoms. The molecule has 8 heteroatoms. The van der Waals surface area contributed by atoms with Gasteiger partial charge in [-0.15, -0.1) is 0 Å². The number of nitrogens with one attached hydrogen (secondary N) is 1. The van der Waals surface area contributed by atoms with E-state index in [9.17, 15) is 9.59 Å². The van der Waals surface area contributed by atoms with Crippen molar-refractivity contribution in [3.63, 3.8) is 0 Å². The quantitative estimate of drug-likeness (QED) is 0.575. The molecule has 0 unspecified atom stereocenters. The van der Waals surface area contributed by atoms with E-state index in [1.54, 1.807) is 0 Å². The normalized spacial score (nSPS) is 13.8. The Morgan fingerprint density at radius 3 is 2.20 bits per heavy atom. The van der Waals surface area contributed by atoms with Crippen molar-refractivity contribution in [3.8, 4) is 0 Å². The van der Waals surface area contributed by atoms with Crippen LogP contribution in [0.15, 0.2) is 0 Å². The fourth-order valence-electron chi connectivity index (χ4n) is 1.14. The number of hydroxylamine groups is 2. The summed E-state index contributed by atoms with van der Waals surface area (Å²) in [5.41, 5.74) is 0. The Bertz CT molecular complexity index is 354. The molecule has 0 spiro atoms. The van der Waals surface area contributed by atoms with Crippen LogP contribution in [0, 0.1) is 0 Å². The highest BCUT2D eigenvalue weighted by Gasteiger charge is 2.38. The summed E-state index contributed by atoms with van der Waals surface area (Å²) in [6, 6.07) is -0.980. The second kappa shape index (κ2) is 7.05. The Kier molecular flexibility index (Phi) is 6.65. The van der Waals surface area contributed by atoms with Crippen molar-refractivity contribution in [1.29, 1.82) is 0 Å². The monoisotopic (exact) mass is 306 g/mol. The first-order valence-electron chi connectivity index (χ1n) is 6.37. The molecule has 2 amide bonds. The molecular formula is C12H26N2O5Si. The molecule has 2 N–H and O–H groups in total. The van der Waals surface area contributed by atoms with E-state index in [0.29, 0.717) is 0 Å². The van der Waals surface area contributed by atoms with Crippen LogP contribution < -0.4 is 5.32 Å². The number of carbonyl (C=O) groups is 2. The molecule has 20 heavy (non-hydrogen) atoms. The number of rotatable bonds is 6. The minimum Gasteiger partial charge on any atom is -0.465 e. The van der Waals surface area contributed by atoms with Gasteiger partial charge >= 0.3 is 6.09 Å². The van der Waals surface area contributed by atoms with Crippen LogP contribution in [-0.2, 0) is 14.1 Å². The summed E-state index contributed by atoms with van der Waals surface area (Å²) in [4.78, 5) is 27.5. The van der Waals surface area contributed by atoms with Crippen molar-refractivity contribution >= 4 is 20.3 Å². The van der Waals surface area contributed by atoms with Gasteiger partial charge in [-0.25, -0.2) is 9.86 Å². The average molecular weight is 306 g/mol. The predicted molar refractivity (Wildman–Crippen MR) is 77.9 cm³/mol. The lowest BCUT2D eigenvalue weighted by Crippen LogP contribution is -2.52. The molecule has 0 aliphatic rings. The lowest BCUT2D eigenvalue weighted by atomic mass is 10.2. The highest BCUT2D eigenvalue weighted by molar-refractivity contribution is 6.74. The summed E-state index contributed by atoms with van der Waals surface area (Å²) in [6.07, 6.45) is -1.27. The van der Waals surface area contributed by atoms with Gasteiger partial charge in [-0.2, -0.15) is 0 Å². The molecule has 0 aliphatic heterocycles. The predicted octanol–water partition coefficient (Wildman–Crippen LogP) is 1.66. The Balaban J connectivity index is 4.84. The van der Waals surface area contributed by atoms with Gasteiger partial charge in [0.2, 0.25) is 0 Å². The van der Waals surface area contributed by atoms with Crippen LogP contribution in [0.2, 0.25) is 18.1 Å². The number of hydrogen-bond donors (Lipinski definition) is 2. The summed E-state index contributed by atoms with van der Waals surface area (Å²) in [5, 5.41) is 11.9. The zero-order valence-corrected chi connectivity index (χ0v) is 14.3. The smallest absolute Gasteiger partial charge is 0.405 e. The molecule has 0 aliphatic carbocycles. The number of carboxylic acid groups (broad SMARTS) is 1. The molecule has 1 atom stereocenters. The third-order valence-electron chi connectivity index (χ3n) is 3.60. The van der Waals surface area contributed by atoms with Crippen LogP contribution in [0.4, 0.5) is 4.79 Å². The SMILES string of the molecule is CON(C)C(=O)[C@@H](CO[Si](C)(C)C(C)(C)C)NC(=O)O. The second-order valence-corrected chi connectivity index (χ2v) is 10.9. The first-order chi connectivity index (χ1) is 8.92. The summed E-state index contributed by atoms with van der Waals surface area (Å²) >= 11 is 0. The average Bonchev–Trinajstić information content (AvgIpc) is 2.30. The lowest BCUT2D eigenvalue weighted by molar-refractivity contribution is -0.171. The Morgan fingerprint density at radius 1 is 1.35 bits per heavy atom. The molecule has 0 saturated carbocycles. The van der Waals surface area contributed by atoms with Gasteiger partial charge in [-0.05, 0) is 18.1 Å². The van der Waals surface area contributed by atoms with Crippen molar-refractivity contribution in [2.24, 2.45) is 0 Å². The van der Waals surface area contributed by atoms with Crippen molar-refractivity contribution < 1.29 is 24.0 Å². The summed E-state index contributed by atoms with van der Waals surface area (Å²) in [6.45, 7) is 10.3. The first kappa shape index (κ1) is 18.9. The molecule has 0 aromatic rings. The molecule has 0 aromatic carbocycles. The number of nitrogens with zero attached hydrogens (tertiary/aromatic N) is 1. The maximum absolute atomic E-state index is 12.0. The van der Waals surface area contributed by atoms with E-state index in [2.05, 4.69) is 26.1 Å². The van der Waals surface area contributed by atoms with Crippen LogP contribution in [0.25, 0.3) is 0 Å². The van der Waals surface area contributed by atoms with Crippen molar-refractivity contribution in [3.05, 3.63) is 0 Å². The van der Waals surface area contributed by atoms with E-state index in [0.717, 1.165) is 5.06 Å². The third kappa shape index (κ3) is 5.47. The largest absolute Gasteiger partial charge is 0.465 e. The summed E-state index contributed by atoms with van der Waals surface area (Å²) in [7, 11) is 0.706. The van der Waals surface area contributed by atoms with Crippen LogP contribution in [0.3, 0.4) is 0 Å². The third-order valence-corrected chi connectivity index (χ3v) is 8.10. The van der Waals surface area contributed by atoms with E-state index in [1.807, 2.05) is 13.1 Å². The topological polar surface area (TPSA) is 88.1 Å². The van der Waals surface area contributed by atoms with Gasteiger partial charge in [0.15, 0.2) is 8.32 Å². The minimum atomic E-state index is -2.05. The van der Waals surface area contributed by atoms with Gasteiger partial charge in [-0.3, -0.25) is 9.63 Å². The van der Waals surface area contributed by atoms with Crippen LogP contribution >= 0.6 is 0 Å². The molecule has 118 valence electrons. The van der Waals surface area contributed by atoms with Gasteiger partial charge in [0.05, 0.1) is 13.7 Å². The second-order valence-electron chi connectivity index (χ2n) is 6.09. The van der Waals surface area contributed by atoms with E-state index in [-0.39, 0.29) is 11.6 Å². The zero-order valence-electron chi connectivity index (χ0n) is 13.3. The standard InChI is InChI=1S/C12H26N2O5Si/c1-12(2,3)20(6,7)19-8-9(13-11(16)17)10(15)14(4)18-5/h9,13H,8H2,1-7H3,(H,16,17)/t9-/m1/s1. The molecular weight excluding hydrogens is 280 g/mol. The van der Waals surface area contributed by atoms with E-state index >= 15 is 0 Å². The molecule has 7 nitrogen and oxygen atoms in total. The number of amides is 2. The van der Waals surface area contributed by atoms with Gasteiger partial charge in [0, 0.05) is 7.05 Å². The maximum atomic E-state index is 12.0. The lowest BCUT2D eigenvalue weighted by Gasteiger charge is -2.37. The van der Waals surface area contributed by atoms with Crippen molar-refractivity contribution in [2.45, 2.75) is 44.9 Å². The van der Waals surface area contributed by atoms with Crippen molar-refractivity contribution in [2.75, 3.05) is 20.8 Å². The molecule has 0 aromatic heterocycles. The molecule has 0 saturated heterocycles. The Hall–Kier alpha value is -1.12. The molecule has 0 rings (SSSR count). The number of likely N-dealkylation sites (N-methyl/N-ethyl adjacent to an activating group) is 1. The summed E-state index contributed by atoms with van der Waals surface area (Å²) < 4.78 is 5.88. The van der Waals surface area contributed by atoms with Crippen molar-refractivity contribution in [1.82, 2.24) is 10.4 Å². The van der Waals surface area contributed by atoms with Crippen LogP contribution in [0.5, 0.6) is 0 Å². The fraction of sp³-hybridized carbons (Fsp3) is 0.833. The van der Waals surface area contributed by atoms with E-state index < -0.39 is 26.4 Å². The van der Waals surface area contributed by atoms with Gasteiger partial charge in [0.1, 0.15) is 6.04 Å².